The van der Waals surface area contributed by atoms with Crippen LogP contribution in [0.2, 0.25) is 0 Å². The molecule has 5 rings (SSSR count). The summed E-state index contributed by atoms with van der Waals surface area (Å²) in [5, 5.41) is 0. The maximum Gasteiger partial charge on any atom is 0.272 e. The molecule has 2 bridgehead atoms. The highest BCUT2D eigenvalue weighted by Gasteiger charge is 2.39. The predicted molar refractivity (Wildman–Crippen MR) is 93.1 cm³/mol. The number of aryl methyl sites for hydroxylation is 1. The molecule has 0 radical (unpaired) electrons. The monoisotopic (exact) mass is 338 g/mol. The standard InChI is InChI=1S/C19H22N4O2/c1-21-10-4-6-17(21)19(25)23-12-14-7-8-15(23)13-22(11-14)18(24)16-5-2-3-9-20-16/h2-6,9-10,14-15H,7-8,11-13H2,1H3/t14-,15+/m0/s1. The highest BCUT2D eigenvalue weighted by Crippen LogP contribution is 2.29. The Bertz CT molecular complexity index is 786. The zero-order valence-corrected chi connectivity index (χ0v) is 14.3. The summed E-state index contributed by atoms with van der Waals surface area (Å²) in [6.07, 6.45) is 5.55. The first-order chi connectivity index (χ1) is 12.1. The maximum absolute atomic E-state index is 13.0. The van der Waals surface area contributed by atoms with Crippen molar-refractivity contribution < 1.29 is 9.59 Å². The summed E-state index contributed by atoms with van der Waals surface area (Å²) in [6.45, 7) is 2.01. The van der Waals surface area contributed by atoms with E-state index in [9.17, 15) is 9.59 Å². The average Bonchev–Trinajstić information content (AvgIpc) is 2.87. The zero-order valence-electron chi connectivity index (χ0n) is 14.3. The SMILES string of the molecule is Cn1cccc1C(=O)N1C[C@H]2CC[C@@H]1CN(C(=O)c1ccccn1)C2. The van der Waals surface area contributed by atoms with Crippen LogP contribution < -0.4 is 0 Å². The Kier molecular flexibility index (Phi) is 4.03. The van der Waals surface area contributed by atoms with Gasteiger partial charge in [0.15, 0.2) is 0 Å². The minimum Gasteiger partial charge on any atom is -0.347 e. The molecule has 0 spiro atoms. The largest absolute Gasteiger partial charge is 0.347 e. The van der Waals surface area contributed by atoms with E-state index in [0.29, 0.717) is 30.4 Å². The Labute approximate surface area is 147 Å². The number of carbonyl (C=O) groups excluding carboxylic acids is 2. The van der Waals surface area contributed by atoms with Gasteiger partial charge in [-0.15, -0.1) is 0 Å². The first-order valence-corrected chi connectivity index (χ1v) is 8.76. The van der Waals surface area contributed by atoms with Crippen molar-refractivity contribution in [2.75, 3.05) is 19.6 Å². The Hall–Kier alpha value is -2.63. The summed E-state index contributed by atoms with van der Waals surface area (Å²) < 4.78 is 1.86. The van der Waals surface area contributed by atoms with Crippen molar-refractivity contribution in [2.45, 2.75) is 18.9 Å². The summed E-state index contributed by atoms with van der Waals surface area (Å²) in [5.74, 6) is 0.357. The van der Waals surface area contributed by atoms with Gasteiger partial charge in [0, 0.05) is 45.1 Å². The lowest BCUT2D eigenvalue weighted by Gasteiger charge is -2.36. The molecule has 2 aromatic heterocycles. The fourth-order valence-electron chi connectivity index (χ4n) is 3.98. The lowest BCUT2D eigenvalue weighted by Crippen LogP contribution is -2.48. The predicted octanol–water partition coefficient (Wildman–Crippen LogP) is 1.80. The van der Waals surface area contributed by atoms with E-state index in [-0.39, 0.29) is 17.9 Å². The molecule has 0 aromatic carbocycles. The number of pyridine rings is 1. The zero-order chi connectivity index (χ0) is 17.4. The van der Waals surface area contributed by atoms with Crippen LogP contribution in [0.5, 0.6) is 0 Å². The molecule has 2 atom stereocenters. The van der Waals surface area contributed by atoms with Gasteiger partial charge in [0.05, 0.1) is 0 Å². The maximum atomic E-state index is 13.0. The summed E-state index contributed by atoms with van der Waals surface area (Å²) in [4.78, 5) is 33.8. The number of carbonyl (C=O) groups is 2. The quantitative estimate of drug-likeness (QED) is 0.839. The van der Waals surface area contributed by atoms with E-state index in [1.165, 1.54) is 0 Å². The van der Waals surface area contributed by atoms with Gasteiger partial charge in [-0.05, 0) is 43.0 Å². The number of amides is 2. The number of fused-ring (bicyclic) bond motifs is 4. The molecule has 130 valence electrons. The molecule has 3 aliphatic rings. The highest BCUT2D eigenvalue weighted by molar-refractivity contribution is 5.94. The minimum atomic E-state index is -0.0364. The third-order valence-electron chi connectivity index (χ3n) is 5.31. The minimum absolute atomic E-state index is 0.0364. The molecule has 3 fully saturated rings. The van der Waals surface area contributed by atoms with Gasteiger partial charge in [0.25, 0.3) is 11.8 Å². The van der Waals surface area contributed by atoms with Crippen molar-refractivity contribution in [3.63, 3.8) is 0 Å². The molecule has 3 saturated heterocycles. The van der Waals surface area contributed by atoms with Gasteiger partial charge in [-0.1, -0.05) is 6.07 Å². The van der Waals surface area contributed by atoms with Crippen molar-refractivity contribution in [1.82, 2.24) is 19.4 Å². The molecule has 2 amide bonds. The normalized spacial score (nSPS) is 22.8. The summed E-state index contributed by atoms with van der Waals surface area (Å²) >= 11 is 0. The van der Waals surface area contributed by atoms with Crippen LogP contribution in [0.3, 0.4) is 0 Å². The first kappa shape index (κ1) is 15.9. The second kappa shape index (κ2) is 6.35. The van der Waals surface area contributed by atoms with Gasteiger partial charge in [0.1, 0.15) is 11.4 Å². The molecular weight excluding hydrogens is 316 g/mol. The van der Waals surface area contributed by atoms with E-state index in [1.54, 1.807) is 12.3 Å². The van der Waals surface area contributed by atoms with Gasteiger partial charge in [-0.2, -0.15) is 0 Å². The van der Waals surface area contributed by atoms with Crippen molar-refractivity contribution in [3.05, 3.63) is 54.1 Å². The number of rotatable bonds is 2. The molecule has 25 heavy (non-hydrogen) atoms. The molecule has 0 saturated carbocycles. The number of piperidine rings is 1. The first-order valence-electron chi connectivity index (χ1n) is 8.76. The molecule has 6 nitrogen and oxygen atoms in total. The Morgan fingerprint density at radius 2 is 1.92 bits per heavy atom. The summed E-state index contributed by atoms with van der Waals surface area (Å²) in [7, 11) is 1.89. The van der Waals surface area contributed by atoms with E-state index in [4.69, 9.17) is 0 Å². The van der Waals surface area contributed by atoms with Crippen LogP contribution in [-0.4, -0.2) is 56.8 Å². The Morgan fingerprint density at radius 1 is 1.04 bits per heavy atom. The van der Waals surface area contributed by atoms with Crippen LogP contribution in [0.25, 0.3) is 0 Å². The summed E-state index contributed by atoms with van der Waals surface area (Å²) in [6, 6.07) is 9.22. The number of hydrogen-bond donors (Lipinski definition) is 0. The third-order valence-corrected chi connectivity index (χ3v) is 5.31. The van der Waals surface area contributed by atoms with Crippen LogP contribution in [0.4, 0.5) is 0 Å². The topological polar surface area (TPSA) is 58.4 Å². The molecule has 0 unspecified atom stereocenters. The summed E-state index contributed by atoms with van der Waals surface area (Å²) in [5.41, 5.74) is 1.18. The lowest BCUT2D eigenvalue weighted by atomic mass is 9.94. The average molecular weight is 338 g/mol. The molecule has 6 heteroatoms. The molecule has 3 aliphatic heterocycles. The molecule has 5 heterocycles. The fraction of sp³-hybridized carbons (Fsp3) is 0.421. The molecule has 0 aliphatic carbocycles. The number of aromatic nitrogens is 2. The van der Waals surface area contributed by atoms with Gasteiger partial charge >= 0.3 is 0 Å². The smallest absolute Gasteiger partial charge is 0.272 e. The van der Waals surface area contributed by atoms with Crippen LogP contribution in [-0.2, 0) is 7.05 Å². The van der Waals surface area contributed by atoms with Gasteiger partial charge < -0.3 is 14.4 Å². The molecule has 0 N–H and O–H groups in total. The molecular formula is C19H22N4O2. The molecule has 2 aromatic rings. The second-order valence-corrected chi connectivity index (χ2v) is 6.98. The van der Waals surface area contributed by atoms with Crippen molar-refractivity contribution >= 4 is 11.8 Å². The van der Waals surface area contributed by atoms with E-state index in [1.807, 2.05) is 51.9 Å². The van der Waals surface area contributed by atoms with Gasteiger partial charge in [-0.25, -0.2) is 0 Å². The second-order valence-electron chi connectivity index (χ2n) is 6.98. The van der Waals surface area contributed by atoms with E-state index < -0.39 is 0 Å². The van der Waals surface area contributed by atoms with Crippen LogP contribution in [0, 0.1) is 5.92 Å². The van der Waals surface area contributed by atoms with Gasteiger partial charge in [-0.3, -0.25) is 14.6 Å². The van der Waals surface area contributed by atoms with E-state index >= 15 is 0 Å². The van der Waals surface area contributed by atoms with Crippen LogP contribution in [0.1, 0.15) is 33.8 Å². The Balaban J connectivity index is 1.56. The van der Waals surface area contributed by atoms with E-state index in [0.717, 1.165) is 19.4 Å². The van der Waals surface area contributed by atoms with Crippen molar-refractivity contribution in [2.24, 2.45) is 13.0 Å². The van der Waals surface area contributed by atoms with Crippen LogP contribution >= 0.6 is 0 Å². The van der Waals surface area contributed by atoms with E-state index in [2.05, 4.69) is 4.98 Å². The van der Waals surface area contributed by atoms with Crippen molar-refractivity contribution in [1.29, 1.82) is 0 Å². The number of hydrogen-bond acceptors (Lipinski definition) is 3. The van der Waals surface area contributed by atoms with Crippen LogP contribution in [0.15, 0.2) is 42.7 Å². The number of nitrogens with zero attached hydrogens (tertiary/aromatic N) is 4. The Morgan fingerprint density at radius 3 is 2.64 bits per heavy atom. The van der Waals surface area contributed by atoms with Crippen molar-refractivity contribution in [3.8, 4) is 0 Å². The fourth-order valence-corrected chi connectivity index (χ4v) is 3.98. The third kappa shape index (κ3) is 2.92. The highest BCUT2D eigenvalue weighted by atomic mass is 16.2. The van der Waals surface area contributed by atoms with Gasteiger partial charge in [0.2, 0.25) is 0 Å². The lowest BCUT2D eigenvalue weighted by molar-refractivity contribution is 0.0565.